The first kappa shape index (κ1) is 17.8. The maximum Gasteiger partial charge on any atom is 0.294 e. The number of fused-ring (bicyclic) bond motifs is 3. The Hall–Kier alpha value is -2.96. The van der Waals surface area contributed by atoms with Crippen LogP contribution in [-0.2, 0) is 10.1 Å². The van der Waals surface area contributed by atoms with Crippen LogP contribution in [0.5, 0.6) is 0 Å². The number of hydrogen-bond acceptors (Lipinski definition) is 4. The Labute approximate surface area is 152 Å². The molecule has 2 aliphatic rings. The number of rotatable bonds is 1. The van der Waals surface area contributed by atoms with E-state index in [4.69, 9.17) is 9.76 Å². The van der Waals surface area contributed by atoms with Crippen LogP contribution in [0.25, 0.3) is 11.6 Å². The summed E-state index contributed by atoms with van der Waals surface area (Å²) in [5.74, 6) is 0. The van der Waals surface area contributed by atoms with Crippen molar-refractivity contribution in [3.63, 3.8) is 0 Å². The summed E-state index contributed by atoms with van der Waals surface area (Å²) in [6, 6.07) is 14.2. The monoisotopic (exact) mass is 367 g/mol. The van der Waals surface area contributed by atoms with Crippen molar-refractivity contribution in [3.05, 3.63) is 89.0 Å². The smallest absolute Gasteiger partial charge is 0.294 e. The first-order valence-electron chi connectivity index (χ1n) is 7.86. The predicted molar refractivity (Wildman–Crippen MR) is 102 cm³/mol. The van der Waals surface area contributed by atoms with Gasteiger partial charge in [0.05, 0.1) is 4.90 Å². The Morgan fingerprint density at radius 3 is 2.31 bits per heavy atom. The molecule has 2 aromatic rings. The fraction of sp³-hybridized carbons (Fsp3) is 0.0500. The number of hydrogen-bond donors (Lipinski definition) is 2. The Kier molecular flexibility index (Phi) is 4.88. The Morgan fingerprint density at radius 2 is 1.65 bits per heavy atom. The van der Waals surface area contributed by atoms with E-state index in [9.17, 15) is 8.42 Å². The molecule has 2 aliphatic carbocycles. The van der Waals surface area contributed by atoms with Gasteiger partial charge in [-0.25, -0.2) is 0 Å². The molecule has 5 nitrogen and oxygen atoms in total. The zero-order valence-corrected chi connectivity index (χ0v) is 14.8. The van der Waals surface area contributed by atoms with Crippen molar-refractivity contribution in [3.8, 4) is 0 Å². The van der Waals surface area contributed by atoms with Crippen molar-refractivity contribution < 1.29 is 18.2 Å². The number of benzene rings is 2. The maximum atomic E-state index is 10.5. The van der Waals surface area contributed by atoms with E-state index in [0.717, 1.165) is 16.7 Å². The third-order valence-electron chi connectivity index (χ3n) is 4.06. The van der Waals surface area contributed by atoms with Gasteiger partial charge in [-0.15, -0.1) is 0 Å². The van der Waals surface area contributed by atoms with Crippen molar-refractivity contribution in [2.24, 2.45) is 5.16 Å². The van der Waals surface area contributed by atoms with Crippen LogP contribution in [0.2, 0.25) is 0 Å². The molecule has 0 spiro atoms. The quantitative estimate of drug-likeness (QED) is 0.451. The lowest BCUT2D eigenvalue weighted by molar-refractivity contribution is 0.320. The molecule has 0 heterocycles. The van der Waals surface area contributed by atoms with E-state index >= 15 is 0 Å². The van der Waals surface area contributed by atoms with Gasteiger partial charge in [-0.3, -0.25) is 4.55 Å². The minimum atomic E-state index is -4.02. The molecule has 0 atom stereocenters. The summed E-state index contributed by atoms with van der Waals surface area (Å²) in [6.45, 7) is 1.84. The highest BCUT2D eigenvalue weighted by Crippen LogP contribution is 2.37. The molecular weight excluding hydrogens is 350 g/mol. The molecule has 0 amide bonds. The van der Waals surface area contributed by atoms with Gasteiger partial charge in [-0.2, -0.15) is 8.42 Å². The highest BCUT2D eigenvalue weighted by molar-refractivity contribution is 7.85. The highest BCUT2D eigenvalue weighted by Gasteiger charge is 2.22. The van der Waals surface area contributed by atoms with E-state index in [1.807, 2.05) is 31.2 Å². The number of aryl methyl sites for hydroxylation is 1. The first-order valence-corrected chi connectivity index (χ1v) is 9.30. The average Bonchev–Trinajstić information content (AvgIpc) is 3.00. The van der Waals surface area contributed by atoms with E-state index in [2.05, 4.69) is 23.4 Å². The van der Waals surface area contributed by atoms with Crippen molar-refractivity contribution in [2.45, 2.75) is 11.8 Å². The molecule has 0 radical (unpaired) electrons. The van der Waals surface area contributed by atoms with Crippen LogP contribution in [-0.4, -0.2) is 23.9 Å². The number of allylic oxidation sites excluding steroid dienone is 5. The molecule has 0 bridgehead atoms. The Balaban J connectivity index is 0.000000160. The summed E-state index contributed by atoms with van der Waals surface area (Å²) in [6.07, 6.45) is 7.82. The summed E-state index contributed by atoms with van der Waals surface area (Å²) in [4.78, 5) is -0.0666. The van der Waals surface area contributed by atoms with Crippen LogP contribution < -0.4 is 0 Å². The summed E-state index contributed by atoms with van der Waals surface area (Å²) in [7, 11) is -4.02. The van der Waals surface area contributed by atoms with Gasteiger partial charge in [0.25, 0.3) is 10.1 Å². The van der Waals surface area contributed by atoms with Gasteiger partial charge < -0.3 is 5.21 Å². The van der Waals surface area contributed by atoms with Gasteiger partial charge >= 0.3 is 0 Å². The normalized spacial score (nSPS) is 16.2. The van der Waals surface area contributed by atoms with Crippen molar-refractivity contribution in [1.29, 1.82) is 0 Å². The first-order chi connectivity index (χ1) is 12.4. The third kappa shape index (κ3) is 3.66. The van der Waals surface area contributed by atoms with E-state index < -0.39 is 10.1 Å². The van der Waals surface area contributed by atoms with Gasteiger partial charge in [0.1, 0.15) is 5.71 Å². The zero-order chi connectivity index (χ0) is 18.7. The maximum absolute atomic E-state index is 10.5. The number of oxime groups is 1. The van der Waals surface area contributed by atoms with Crippen LogP contribution >= 0.6 is 0 Å². The fourth-order valence-electron chi connectivity index (χ4n) is 2.76. The van der Waals surface area contributed by atoms with Crippen LogP contribution in [0, 0.1) is 6.92 Å². The number of nitrogens with zero attached hydrogens (tertiary/aromatic N) is 1. The lowest BCUT2D eigenvalue weighted by atomic mass is 9.96. The second-order valence-corrected chi connectivity index (χ2v) is 7.28. The fourth-order valence-corrected chi connectivity index (χ4v) is 3.24. The van der Waals surface area contributed by atoms with Gasteiger partial charge in [0.15, 0.2) is 0 Å². The van der Waals surface area contributed by atoms with E-state index in [1.54, 1.807) is 18.2 Å². The topological polar surface area (TPSA) is 87.0 Å². The standard InChI is InChI=1S/C13H9NO.C7H8O3S/c15-14-13-7-3-6-11-10-5-2-1-4-9(10)8-12(11)13;1-6-2-4-7(5-3-6)11(8,9)10/h1-8,15H;2-5H,1H3,(H,8,9,10). The zero-order valence-electron chi connectivity index (χ0n) is 14.0. The molecule has 0 aromatic heterocycles. The molecule has 6 heteroatoms. The van der Waals surface area contributed by atoms with Crippen LogP contribution in [0.1, 0.15) is 16.7 Å². The largest absolute Gasteiger partial charge is 0.410 e. The van der Waals surface area contributed by atoms with E-state index in [1.165, 1.54) is 23.3 Å². The molecule has 0 unspecified atom stereocenters. The predicted octanol–water partition coefficient (Wildman–Crippen LogP) is 4.11. The average molecular weight is 367 g/mol. The molecule has 2 aromatic carbocycles. The SMILES string of the molecule is Cc1ccc(S(=O)(=O)O)cc1.ON=C1C=CC=C2C1=Cc1ccccc12. The van der Waals surface area contributed by atoms with Crippen LogP contribution in [0.3, 0.4) is 0 Å². The van der Waals surface area contributed by atoms with Gasteiger partial charge in [-0.05, 0) is 47.9 Å². The van der Waals surface area contributed by atoms with E-state index in [-0.39, 0.29) is 4.90 Å². The van der Waals surface area contributed by atoms with Crippen molar-refractivity contribution in [1.82, 2.24) is 0 Å². The minimum Gasteiger partial charge on any atom is -0.410 e. The van der Waals surface area contributed by atoms with Crippen LogP contribution in [0.15, 0.2) is 82.4 Å². The molecule has 0 saturated carbocycles. The van der Waals surface area contributed by atoms with E-state index in [0.29, 0.717) is 5.71 Å². The molecule has 4 rings (SSSR count). The summed E-state index contributed by atoms with van der Waals surface area (Å²) >= 11 is 0. The molecule has 2 N–H and O–H groups in total. The Morgan fingerprint density at radius 1 is 0.962 bits per heavy atom. The lowest BCUT2D eigenvalue weighted by Gasteiger charge is -2.08. The summed E-state index contributed by atoms with van der Waals surface area (Å²) in [5, 5.41) is 12.2. The molecule has 0 saturated heterocycles. The molecule has 0 fully saturated rings. The molecule has 132 valence electrons. The van der Waals surface area contributed by atoms with Crippen molar-refractivity contribution >= 4 is 27.5 Å². The molecular formula is C20H17NO4S. The van der Waals surface area contributed by atoms with Gasteiger partial charge in [-0.1, -0.05) is 59.3 Å². The second kappa shape index (κ2) is 7.11. The lowest BCUT2D eigenvalue weighted by Crippen LogP contribution is -2.01. The third-order valence-corrected chi connectivity index (χ3v) is 4.93. The Bertz CT molecular complexity index is 1060. The summed E-state index contributed by atoms with van der Waals surface area (Å²) < 4.78 is 29.6. The van der Waals surface area contributed by atoms with Gasteiger partial charge in [0.2, 0.25) is 0 Å². The second-order valence-electron chi connectivity index (χ2n) is 5.86. The molecule has 0 aliphatic heterocycles. The molecule has 26 heavy (non-hydrogen) atoms. The van der Waals surface area contributed by atoms with Gasteiger partial charge in [0, 0.05) is 5.57 Å². The summed E-state index contributed by atoms with van der Waals surface area (Å²) in [5.41, 5.74) is 6.12. The minimum absolute atomic E-state index is 0.0666. The van der Waals surface area contributed by atoms with Crippen LogP contribution in [0.4, 0.5) is 0 Å². The highest BCUT2D eigenvalue weighted by atomic mass is 32.2. The van der Waals surface area contributed by atoms with Crippen molar-refractivity contribution in [2.75, 3.05) is 0 Å².